The van der Waals surface area contributed by atoms with Crippen molar-refractivity contribution in [3.63, 3.8) is 0 Å². The molecule has 0 spiro atoms. The van der Waals surface area contributed by atoms with E-state index in [0.717, 1.165) is 0 Å². The predicted octanol–water partition coefficient (Wildman–Crippen LogP) is 0.979. The number of hydrogen-bond acceptors (Lipinski definition) is 4. The molecular weight excluding hydrogens is 234 g/mol. The monoisotopic (exact) mass is 252 g/mol. The summed E-state index contributed by atoms with van der Waals surface area (Å²) in [4.78, 5) is 4.25. The number of nitrogens with zero attached hydrogens (tertiary/aromatic N) is 1. The van der Waals surface area contributed by atoms with E-state index in [1.165, 1.54) is 12.1 Å². The first kappa shape index (κ1) is 13.5. The van der Waals surface area contributed by atoms with E-state index in [1.807, 2.05) is 27.7 Å². The van der Waals surface area contributed by atoms with Crippen LogP contribution < -0.4 is 11.3 Å². The van der Waals surface area contributed by atoms with Crippen molar-refractivity contribution in [1.29, 1.82) is 0 Å². The highest BCUT2D eigenvalue weighted by atomic mass is 19.1. The zero-order valence-corrected chi connectivity index (χ0v) is 11.2. The van der Waals surface area contributed by atoms with Gasteiger partial charge in [-0.15, -0.1) is 0 Å². The molecule has 6 heteroatoms. The smallest absolute Gasteiger partial charge is 0.398 e. The molecule has 1 aliphatic heterocycles. The molecule has 0 aliphatic carbocycles. The fraction of sp³-hybridized carbons (Fsp3) is 0.583. The zero-order chi connectivity index (χ0) is 13.6. The molecule has 0 atom stereocenters. The van der Waals surface area contributed by atoms with Crippen molar-refractivity contribution in [2.45, 2.75) is 45.4 Å². The van der Waals surface area contributed by atoms with Gasteiger partial charge in [0.2, 0.25) is 0 Å². The molecule has 2 rings (SSSR count). The molecule has 2 heterocycles. The minimum atomic E-state index is -0.656. The summed E-state index contributed by atoms with van der Waals surface area (Å²) < 4.78 is 25.1. The third-order valence-corrected chi connectivity index (χ3v) is 3.57. The van der Waals surface area contributed by atoms with Crippen molar-refractivity contribution >= 4 is 12.7 Å². The van der Waals surface area contributed by atoms with Gasteiger partial charge in [-0.05, 0) is 39.8 Å². The van der Waals surface area contributed by atoms with E-state index in [2.05, 4.69) is 4.98 Å². The van der Waals surface area contributed by atoms with Crippen LogP contribution in [0.5, 0.6) is 0 Å². The zero-order valence-electron chi connectivity index (χ0n) is 11.2. The summed E-state index contributed by atoms with van der Waals surface area (Å²) in [5, 5.41) is 0. The number of pyridine rings is 1. The van der Waals surface area contributed by atoms with E-state index in [4.69, 9.17) is 15.0 Å². The molecule has 0 amide bonds. The summed E-state index contributed by atoms with van der Waals surface area (Å²) >= 11 is 0. The lowest BCUT2D eigenvalue weighted by Gasteiger charge is -2.32. The Morgan fingerprint density at radius 3 is 2.28 bits per heavy atom. The minimum absolute atomic E-state index is 0.185. The summed E-state index contributed by atoms with van der Waals surface area (Å²) in [7, 11) is -0.656. The average molecular weight is 252 g/mol. The lowest BCUT2D eigenvalue weighted by molar-refractivity contribution is 0.00578. The van der Waals surface area contributed by atoms with Crippen LogP contribution in [0, 0.1) is 5.82 Å². The number of halogens is 1. The van der Waals surface area contributed by atoms with Gasteiger partial charge in [0.25, 0.3) is 0 Å². The second kappa shape index (κ2) is 4.29. The van der Waals surface area contributed by atoms with Gasteiger partial charge in [0, 0.05) is 6.54 Å². The molecule has 0 saturated carbocycles. The van der Waals surface area contributed by atoms with Gasteiger partial charge in [-0.2, -0.15) is 0 Å². The topological polar surface area (TPSA) is 57.4 Å². The first-order valence-corrected chi connectivity index (χ1v) is 5.97. The summed E-state index contributed by atoms with van der Waals surface area (Å²) in [5.41, 5.74) is 5.47. The Bertz CT molecular complexity index is 449. The number of aromatic nitrogens is 1. The van der Waals surface area contributed by atoms with Crippen molar-refractivity contribution in [3.8, 4) is 0 Å². The maximum Gasteiger partial charge on any atom is 0.514 e. The summed E-state index contributed by atoms with van der Waals surface area (Å²) in [6.45, 7) is 7.95. The summed E-state index contributed by atoms with van der Waals surface area (Å²) in [6.07, 6.45) is 0. The quantitative estimate of drug-likeness (QED) is 0.797. The van der Waals surface area contributed by atoms with Gasteiger partial charge in [-0.25, -0.2) is 4.39 Å². The second-order valence-electron chi connectivity index (χ2n) is 5.49. The van der Waals surface area contributed by atoms with Gasteiger partial charge < -0.3 is 15.0 Å². The molecule has 0 aromatic carbocycles. The van der Waals surface area contributed by atoms with Crippen molar-refractivity contribution < 1.29 is 13.7 Å². The molecular formula is C12H18BFN2O2. The van der Waals surface area contributed by atoms with Gasteiger partial charge in [0.15, 0.2) is 0 Å². The molecule has 0 radical (unpaired) electrons. The van der Waals surface area contributed by atoms with E-state index < -0.39 is 18.3 Å². The van der Waals surface area contributed by atoms with Crippen molar-refractivity contribution in [3.05, 3.63) is 23.6 Å². The third-order valence-electron chi connectivity index (χ3n) is 3.57. The highest BCUT2D eigenvalue weighted by Crippen LogP contribution is 2.36. The van der Waals surface area contributed by atoms with Crippen LogP contribution in [0.4, 0.5) is 4.39 Å². The largest absolute Gasteiger partial charge is 0.514 e. The standard InChI is InChI=1S/C12H18BFN2O2/c1-11(2)12(3,4)18-13(17-11)10-6-8(14)5-9(7-15)16-10/h5-6H,7,15H2,1-4H3. The van der Waals surface area contributed by atoms with Gasteiger partial charge in [-0.3, -0.25) is 4.98 Å². The number of nitrogens with two attached hydrogens (primary N) is 1. The Hall–Kier alpha value is -0.975. The molecule has 1 saturated heterocycles. The van der Waals surface area contributed by atoms with Crippen LogP contribution in [-0.2, 0) is 15.9 Å². The molecule has 0 unspecified atom stereocenters. The first-order chi connectivity index (χ1) is 8.25. The molecule has 1 fully saturated rings. The van der Waals surface area contributed by atoms with Gasteiger partial charge in [-0.1, -0.05) is 0 Å². The highest BCUT2D eigenvalue weighted by Gasteiger charge is 2.52. The molecule has 1 aromatic rings. The molecule has 1 aliphatic rings. The summed E-state index contributed by atoms with van der Waals surface area (Å²) in [6, 6.07) is 2.63. The molecule has 1 aromatic heterocycles. The lowest BCUT2D eigenvalue weighted by Crippen LogP contribution is -2.41. The molecule has 0 bridgehead atoms. The van der Waals surface area contributed by atoms with E-state index in [1.54, 1.807) is 0 Å². The Balaban J connectivity index is 2.32. The first-order valence-electron chi connectivity index (χ1n) is 5.97. The van der Waals surface area contributed by atoms with Gasteiger partial charge >= 0.3 is 7.12 Å². The van der Waals surface area contributed by atoms with Crippen LogP contribution >= 0.6 is 0 Å². The van der Waals surface area contributed by atoms with Gasteiger partial charge in [0.1, 0.15) is 5.82 Å². The fourth-order valence-corrected chi connectivity index (χ4v) is 1.76. The molecule has 2 N–H and O–H groups in total. The lowest BCUT2D eigenvalue weighted by atomic mass is 9.84. The normalized spacial score (nSPS) is 21.3. The Morgan fingerprint density at radius 2 is 1.78 bits per heavy atom. The van der Waals surface area contributed by atoms with Crippen LogP contribution in [0.25, 0.3) is 0 Å². The minimum Gasteiger partial charge on any atom is -0.398 e. The third kappa shape index (κ3) is 2.28. The van der Waals surface area contributed by atoms with Crippen LogP contribution in [0.1, 0.15) is 33.4 Å². The van der Waals surface area contributed by atoms with E-state index in [-0.39, 0.29) is 12.4 Å². The van der Waals surface area contributed by atoms with Crippen molar-refractivity contribution in [1.82, 2.24) is 4.98 Å². The van der Waals surface area contributed by atoms with E-state index in [0.29, 0.717) is 11.3 Å². The van der Waals surface area contributed by atoms with Gasteiger partial charge in [0.05, 0.1) is 22.5 Å². The number of hydrogen-bond donors (Lipinski definition) is 1. The molecule has 4 nitrogen and oxygen atoms in total. The average Bonchev–Trinajstić information content (AvgIpc) is 2.47. The molecule has 18 heavy (non-hydrogen) atoms. The summed E-state index contributed by atoms with van der Waals surface area (Å²) in [5.74, 6) is -0.379. The maximum absolute atomic E-state index is 13.4. The van der Waals surface area contributed by atoms with Crippen LogP contribution in [0.3, 0.4) is 0 Å². The maximum atomic E-state index is 13.4. The van der Waals surface area contributed by atoms with Crippen LogP contribution in [-0.4, -0.2) is 23.3 Å². The highest BCUT2D eigenvalue weighted by molar-refractivity contribution is 6.61. The van der Waals surface area contributed by atoms with Crippen molar-refractivity contribution in [2.24, 2.45) is 5.73 Å². The fourth-order valence-electron chi connectivity index (χ4n) is 1.76. The van der Waals surface area contributed by atoms with E-state index >= 15 is 0 Å². The van der Waals surface area contributed by atoms with Crippen LogP contribution in [0.15, 0.2) is 12.1 Å². The van der Waals surface area contributed by atoms with Crippen LogP contribution in [0.2, 0.25) is 0 Å². The van der Waals surface area contributed by atoms with E-state index in [9.17, 15) is 4.39 Å². The predicted molar refractivity (Wildman–Crippen MR) is 67.8 cm³/mol. The Labute approximate surface area is 107 Å². The number of rotatable bonds is 2. The Morgan fingerprint density at radius 1 is 1.22 bits per heavy atom. The Kier molecular flexibility index (Phi) is 3.21. The van der Waals surface area contributed by atoms with Crippen molar-refractivity contribution in [2.75, 3.05) is 0 Å². The SMILES string of the molecule is CC1(C)OB(c2cc(F)cc(CN)n2)OC1(C)C. The molecule has 98 valence electrons. The second-order valence-corrected chi connectivity index (χ2v) is 5.49.